The van der Waals surface area contributed by atoms with Crippen LogP contribution < -0.4 is 5.32 Å². The molecular formula is C44H76N2O7P+. The van der Waals surface area contributed by atoms with Gasteiger partial charge in [-0.25, -0.2) is 4.57 Å². The Bertz CT molecular complexity index is 1210. The maximum Gasteiger partial charge on any atom is 0.472 e. The number of phosphoric ester groups is 1. The molecule has 0 aromatic carbocycles. The summed E-state index contributed by atoms with van der Waals surface area (Å²) in [5, 5.41) is 23.7. The number of hydrogen-bond donors (Lipinski definition) is 4. The molecule has 0 fully saturated rings. The fourth-order valence-corrected chi connectivity index (χ4v) is 5.60. The SMILES string of the molecule is CC/C=C\C/C=C\CC(O)/C=C/C=C\C/C=C\C/C=C\CCC(=O)N[C@@H](COP(=O)(O)OCC[N+](C)(C)C)[C@H](O)/C=C/CC/C=C\CCCCCCCC. The molecule has 0 heterocycles. The third-order valence-electron chi connectivity index (χ3n) is 8.13. The highest BCUT2D eigenvalue weighted by Gasteiger charge is 2.27. The van der Waals surface area contributed by atoms with Crippen molar-refractivity contribution in [3.63, 3.8) is 0 Å². The van der Waals surface area contributed by atoms with E-state index in [4.69, 9.17) is 9.05 Å². The summed E-state index contributed by atoms with van der Waals surface area (Å²) in [4.78, 5) is 23.0. The molecule has 10 heteroatoms. The molecule has 0 rings (SSSR count). The first-order chi connectivity index (χ1) is 25.9. The summed E-state index contributed by atoms with van der Waals surface area (Å²) in [6.07, 6.45) is 45.2. The van der Waals surface area contributed by atoms with Crippen LogP contribution in [-0.2, 0) is 18.4 Å². The molecule has 2 unspecified atom stereocenters. The van der Waals surface area contributed by atoms with Crippen molar-refractivity contribution in [1.82, 2.24) is 5.32 Å². The lowest BCUT2D eigenvalue weighted by Crippen LogP contribution is -2.45. The highest BCUT2D eigenvalue weighted by molar-refractivity contribution is 7.47. The Morgan fingerprint density at radius 3 is 2.04 bits per heavy atom. The van der Waals surface area contributed by atoms with E-state index in [-0.39, 0.29) is 25.5 Å². The average molecular weight is 776 g/mol. The summed E-state index contributed by atoms with van der Waals surface area (Å²) in [5.74, 6) is -0.295. The van der Waals surface area contributed by atoms with Crippen LogP contribution in [0.3, 0.4) is 0 Å². The lowest BCUT2D eigenvalue weighted by Gasteiger charge is -2.25. The highest BCUT2D eigenvalue weighted by Crippen LogP contribution is 2.43. The number of aliphatic hydroxyl groups is 2. The van der Waals surface area contributed by atoms with Gasteiger partial charge in [0.25, 0.3) is 0 Å². The first-order valence-electron chi connectivity index (χ1n) is 20.2. The molecule has 0 spiro atoms. The third-order valence-corrected chi connectivity index (χ3v) is 9.12. The highest BCUT2D eigenvalue weighted by atomic mass is 31.2. The standard InChI is InChI=1S/C44H75N2O7P/c1-6-8-10-12-14-15-16-17-21-24-28-32-36-43(48)42(40-53-54(50,51)52-39-38-46(3,4)5)45-44(49)37-33-29-25-22-19-18-20-23-27-31-35-41(47)34-30-26-13-11-9-7-2/h9,11,17-19,21,23,25-27,29-32,35-36,41-43,47-48H,6-8,10,12-16,20,22,24,28,33-34,37-40H2,1-5H3,(H-,45,49,50,51)/p+1/b11-9-,19-18-,21-17-,27-23-,29-25-,30-26-,35-31+,36-32+/t41?,42-,43+/m0/s1. The summed E-state index contributed by atoms with van der Waals surface area (Å²) in [5.41, 5.74) is 0. The Morgan fingerprint density at radius 2 is 1.31 bits per heavy atom. The molecular weight excluding hydrogens is 699 g/mol. The van der Waals surface area contributed by atoms with Crippen molar-refractivity contribution >= 4 is 13.7 Å². The van der Waals surface area contributed by atoms with Crippen LogP contribution in [0.25, 0.3) is 0 Å². The van der Waals surface area contributed by atoms with E-state index in [1.54, 1.807) is 12.2 Å². The lowest BCUT2D eigenvalue weighted by atomic mass is 10.1. The molecule has 9 nitrogen and oxygen atoms in total. The van der Waals surface area contributed by atoms with Gasteiger partial charge in [-0.2, -0.15) is 0 Å². The van der Waals surface area contributed by atoms with Gasteiger partial charge in [0.2, 0.25) is 5.91 Å². The minimum absolute atomic E-state index is 0.0276. The van der Waals surface area contributed by atoms with E-state index in [2.05, 4.69) is 61.7 Å². The van der Waals surface area contributed by atoms with Crippen LogP contribution in [0.5, 0.6) is 0 Å². The van der Waals surface area contributed by atoms with Crippen molar-refractivity contribution in [3.8, 4) is 0 Å². The molecule has 1 amide bonds. The predicted octanol–water partition coefficient (Wildman–Crippen LogP) is 9.76. The van der Waals surface area contributed by atoms with E-state index in [9.17, 15) is 24.5 Å². The Hall–Kier alpha value is -2.62. The zero-order chi connectivity index (χ0) is 40.2. The van der Waals surface area contributed by atoms with Gasteiger partial charge in [-0.15, -0.1) is 0 Å². The van der Waals surface area contributed by atoms with Crippen molar-refractivity contribution in [3.05, 3.63) is 97.2 Å². The van der Waals surface area contributed by atoms with E-state index in [0.717, 1.165) is 44.9 Å². The second-order valence-electron chi connectivity index (χ2n) is 14.5. The Labute approximate surface area is 329 Å². The summed E-state index contributed by atoms with van der Waals surface area (Å²) in [6, 6.07) is -0.924. The number of allylic oxidation sites excluding steroid dienone is 13. The number of hydrogen-bond acceptors (Lipinski definition) is 6. The fraction of sp³-hybridized carbons (Fsp3) is 0.614. The van der Waals surface area contributed by atoms with Gasteiger partial charge in [0.15, 0.2) is 0 Å². The minimum atomic E-state index is -4.38. The maximum absolute atomic E-state index is 12.8. The molecule has 0 radical (unpaired) electrons. The molecule has 0 aliphatic heterocycles. The van der Waals surface area contributed by atoms with Crippen LogP contribution in [0, 0.1) is 0 Å². The molecule has 4 atom stereocenters. The number of likely N-dealkylation sites (N-methyl/N-ethyl adjacent to an activating group) is 1. The molecule has 0 saturated carbocycles. The van der Waals surface area contributed by atoms with Crippen LogP contribution in [0.4, 0.5) is 0 Å². The molecule has 0 aliphatic rings. The third kappa shape index (κ3) is 36.4. The van der Waals surface area contributed by atoms with Crippen LogP contribution >= 0.6 is 7.82 Å². The number of quaternary nitrogens is 1. The zero-order valence-electron chi connectivity index (χ0n) is 34.3. The molecule has 308 valence electrons. The van der Waals surface area contributed by atoms with E-state index >= 15 is 0 Å². The number of unbranched alkanes of at least 4 members (excludes halogenated alkanes) is 7. The van der Waals surface area contributed by atoms with E-state index in [1.165, 1.54) is 38.5 Å². The Kier molecular flexibility index (Phi) is 33.1. The number of aliphatic hydroxyl groups excluding tert-OH is 2. The first-order valence-corrected chi connectivity index (χ1v) is 21.7. The zero-order valence-corrected chi connectivity index (χ0v) is 35.2. The minimum Gasteiger partial charge on any atom is -0.389 e. The van der Waals surface area contributed by atoms with Gasteiger partial charge >= 0.3 is 7.82 Å². The van der Waals surface area contributed by atoms with Crippen molar-refractivity contribution in [2.24, 2.45) is 0 Å². The number of amides is 1. The average Bonchev–Trinajstić information content (AvgIpc) is 3.11. The Morgan fingerprint density at radius 1 is 0.704 bits per heavy atom. The number of carbonyl (C=O) groups excluding carboxylic acids is 1. The van der Waals surface area contributed by atoms with Crippen molar-refractivity contribution in [2.45, 2.75) is 135 Å². The monoisotopic (exact) mass is 776 g/mol. The van der Waals surface area contributed by atoms with Gasteiger partial charge < -0.3 is 24.9 Å². The Balaban J connectivity index is 4.74. The number of nitrogens with zero attached hydrogens (tertiary/aromatic N) is 1. The van der Waals surface area contributed by atoms with Gasteiger partial charge in [0.05, 0.1) is 46.0 Å². The molecule has 0 aromatic rings. The van der Waals surface area contributed by atoms with Crippen molar-refractivity contribution in [1.29, 1.82) is 0 Å². The van der Waals surface area contributed by atoms with Gasteiger partial charge in [-0.05, 0) is 64.2 Å². The first kappa shape index (κ1) is 51.4. The maximum atomic E-state index is 12.8. The van der Waals surface area contributed by atoms with Crippen molar-refractivity contribution < 1.29 is 38.0 Å². The van der Waals surface area contributed by atoms with Gasteiger partial charge in [0, 0.05) is 6.42 Å². The molecule has 0 aromatic heterocycles. The summed E-state index contributed by atoms with van der Waals surface area (Å²) < 4.78 is 23.4. The largest absolute Gasteiger partial charge is 0.472 e. The van der Waals surface area contributed by atoms with E-state index < -0.39 is 26.1 Å². The number of rotatable bonds is 34. The van der Waals surface area contributed by atoms with Crippen LogP contribution in [0.1, 0.15) is 117 Å². The normalized spacial score (nSPS) is 16.1. The summed E-state index contributed by atoms with van der Waals surface area (Å²) in [6.45, 7) is 4.49. The van der Waals surface area contributed by atoms with Crippen LogP contribution in [-0.4, -0.2) is 84.6 Å². The van der Waals surface area contributed by atoms with E-state index in [1.807, 2.05) is 63.7 Å². The number of nitrogens with one attached hydrogen (secondary N) is 1. The van der Waals surface area contributed by atoms with Crippen LogP contribution in [0.2, 0.25) is 0 Å². The quantitative estimate of drug-likeness (QED) is 0.0169. The van der Waals surface area contributed by atoms with Gasteiger partial charge in [-0.3, -0.25) is 13.8 Å². The lowest BCUT2D eigenvalue weighted by molar-refractivity contribution is -0.870. The van der Waals surface area contributed by atoms with Gasteiger partial charge in [-0.1, -0.05) is 143 Å². The topological polar surface area (TPSA) is 125 Å². The number of phosphoric acid groups is 1. The second-order valence-corrected chi connectivity index (χ2v) is 15.9. The summed E-state index contributed by atoms with van der Waals surface area (Å²) in [7, 11) is 1.45. The predicted molar refractivity (Wildman–Crippen MR) is 227 cm³/mol. The molecule has 0 saturated heterocycles. The number of carbonyl (C=O) groups is 1. The van der Waals surface area contributed by atoms with E-state index in [0.29, 0.717) is 23.9 Å². The van der Waals surface area contributed by atoms with Crippen molar-refractivity contribution in [2.75, 3.05) is 40.9 Å². The fourth-order valence-electron chi connectivity index (χ4n) is 4.87. The smallest absolute Gasteiger partial charge is 0.389 e. The molecule has 0 aliphatic carbocycles. The summed E-state index contributed by atoms with van der Waals surface area (Å²) >= 11 is 0. The molecule has 4 N–H and O–H groups in total. The second kappa shape index (κ2) is 34.8. The van der Waals surface area contributed by atoms with Gasteiger partial charge in [0.1, 0.15) is 13.2 Å². The molecule has 0 bridgehead atoms. The molecule has 54 heavy (non-hydrogen) atoms. The van der Waals surface area contributed by atoms with Crippen LogP contribution in [0.15, 0.2) is 97.2 Å².